The number of rotatable bonds is 7. The van der Waals surface area contributed by atoms with Gasteiger partial charge in [0.05, 0.1) is 18.6 Å². The normalized spacial score (nSPS) is 10.9. The van der Waals surface area contributed by atoms with E-state index in [1.165, 1.54) is 0 Å². The Morgan fingerprint density at radius 2 is 2.33 bits per heavy atom. The molecule has 0 atom stereocenters. The minimum absolute atomic E-state index is 0.295. The zero-order valence-electron chi connectivity index (χ0n) is 9.35. The predicted octanol–water partition coefficient (Wildman–Crippen LogP) is 1.90. The number of aromatic nitrogens is 2. The molecule has 1 aromatic heterocycles. The van der Waals surface area contributed by atoms with Crippen molar-refractivity contribution in [3.05, 3.63) is 18.2 Å². The Morgan fingerprint density at radius 1 is 1.53 bits per heavy atom. The molecule has 0 saturated heterocycles. The number of carbonyl (C=O) groups excluding carboxylic acids is 1. The Bertz CT molecular complexity index is 295. The standard InChI is InChI=1S/C11H18N2O2/c1-10(2)15-6-4-3-5-13-9-12-7-11(13)8-14/h7-10H,3-6H2,1-2H3. The third-order valence-electron chi connectivity index (χ3n) is 2.11. The number of carbonyl (C=O) groups is 1. The van der Waals surface area contributed by atoms with Gasteiger partial charge in [-0.2, -0.15) is 0 Å². The fourth-order valence-electron chi connectivity index (χ4n) is 1.32. The predicted molar refractivity (Wildman–Crippen MR) is 57.9 cm³/mol. The highest BCUT2D eigenvalue weighted by Gasteiger charge is 1.99. The summed E-state index contributed by atoms with van der Waals surface area (Å²) in [6, 6.07) is 0. The van der Waals surface area contributed by atoms with Crippen LogP contribution in [-0.2, 0) is 11.3 Å². The molecule has 0 bridgehead atoms. The van der Waals surface area contributed by atoms with Gasteiger partial charge >= 0.3 is 0 Å². The van der Waals surface area contributed by atoms with Gasteiger partial charge in [-0.05, 0) is 26.7 Å². The summed E-state index contributed by atoms with van der Waals surface area (Å²) in [5, 5.41) is 0. The first-order chi connectivity index (χ1) is 7.24. The topological polar surface area (TPSA) is 44.1 Å². The molecule has 15 heavy (non-hydrogen) atoms. The van der Waals surface area contributed by atoms with Crippen molar-refractivity contribution in [3.63, 3.8) is 0 Å². The van der Waals surface area contributed by atoms with E-state index in [1.54, 1.807) is 12.5 Å². The monoisotopic (exact) mass is 210 g/mol. The van der Waals surface area contributed by atoms with Crippen LogP contribution in [0.25, 0.3) is 0 Å². The lowest BCUT2D eigenvalue weighted by Crippen LogP contribution is -2.06. The summed E-state index contributed by atoms with van der Waals surface area (Å²) in [5.74, 6) is 0. The molecule has 1 aromatic rings. The molecule has 0 radical (unpaired) electrons. The van der Waals surface area contributed by atoms with E-state index >= 15 is 0 Å². The lowest BCUT2D eigenvalue weighted by Gasteiger charge is -2.07. The fraction of sp³-hybridized carbons (Fsp3) is 0.636. The summed E-state index contributed by atoms with van der Waals surface area (Å²) >= 11 is 0. The number of nitrogens with zero attached hydrogens (tertiary/aromatic N) is 2. The van der Waals surface area contributed by atoms with Gasteiger partial charge in [0, 0.05) is 13.2 Å². The highest BCUT2D eigenvalue weighted by Crippen LogP contribution is 2.01. The number of imidazole rings is 1. The van der Waals surface area contributed by atoms with Gasteiger partial charge in [0.2, 0.25) is 0 Å². The summed E-state index contributed by atoms with van der Waals surface area (Å²) < 4.78 is 7.29. The van der Waals surface area contributed by atoms with Gasteiger partial charge in [-0.1, -0.05) is 0 Å². The SMILES string of the molecule is CC(C)OCCCCn1cncc1C=O. The zero-order chi connectivity index (χ0) is 11.1. The molecule has 84 valence electrons. The van der Waals surface area contributed by atoms with Crippen LogP contribution in [0.2, 0.25) is 0 Å². The van der Waals surface area contributed by atoms with E-state index in [0.717, 1.165) is 32.3 Å². The van der Waals surface area contributed by atoms with Crippen LogP contribution in [0.4, 0.5) is 0 Å². The van der Waals surface area contributed by atoms with E-state index in [2.05, 4.69) is 4.98 Å². The van der Waals surface area contributed by atoms with E-state index in [9.17, 15) is 4.79 Å². The zero-order valence-corrected chi connectivity index (χ0v) is 9.35. The lowest BCUT2D eigenvalue weighted by molar-refractivity contribution is 0.0754. The van der Waals surface area contributed by atoms with Crippen molar-refractivity contribution in [2.24, 2.45) is 0 Å². The maximum Gasteiger partial charge on any atom is 0.168 e. The quantitative estimate of drug-likeness (QED) is 0.510. The first-order valence-electron chi connectivity index (χ1n) is 5.31. The molecular weight excluding hydrogens is 192 g/mol. The van der Waals surface area contributed by atoms with Gasteiger partial charge < -0.3 is 9.30 Å². The molecule has 0 aliphatic heterocycles. The second kappa shape index (κ2) is 6.35. The van der Waals surface area contributed by atoms with Crippen LogP contribution in [0.15, 0.2) is 12.5 Å². The molecule has 4 nitrogen and oxygen atoms in total. The second-order valence-electron chi connectivity index (χ2n) is 3.76. The number of aldehydes is 1. The van der Waals surface area contributed by atoms with Gasteiger partial charge in [-0.25, -0.2) is 4.98 Å². The van der Waals surface area contributed by atoms with Crippen LogP contribution in [0, 0.1) is 0 Å². The van der Waals surface area contributed by atoms with Crippen LogP contribution in [0.1, 0.15) is 37.2 Å². The van der Waals surface area contributed by atoms with Crippen molar-refractivity contribution in [1.82, 2.24) is 9.55 Å². The average Bonchev–Trinajstić information content (AvgIpc) is 2.64. The van der Waals surface area contributed by atoms with E-state index in [-0.39, 0.29) is 0 Å². The molecule has 0 fully saturated rings. The van der Waals surface area contributed by atoms with Crippen molar-refractivity contribution in [1.29, 1.82) is 0 Å². The first-order valence-corrected chi connectivity index (χ1v) is 5.31. The first kappa shape index (κ1) is 11.9. The number of unbranched alkanes of at least 4 members (excludes halogenated alkanes) is 1. The highest BCUT2D eigenvalue weighted by molar-refractivity contribution is 5.71. The smallest absolute Gasteiger partial charge is 0.168 e. The Balaban J connectivity index is 2.17. The third kappa shape index (κ3) is 4.25. The minimum Gasteiger partial charge on any atom is -0.379 e. The molecule has 0 aliphatic rings. The van der Waals surface area contributed by atoms with Crippen LogP contribution in [-0.4, -0.2) is 28.5 Å². The van der Waals surface area contributed by atoms with Gasteiger partial charge in [0.1, 0.15) is 5.69 Å². The molecule has 0 spiro atoms. The Hall–Kier alpha value is -1.16. The minimum atomic E-state index is 0.295. The number of hydrogen-bond acceptors (Lipinski definition) is 3. The average molecular weight is 210 g/mol. The van der Waals surface area contributed by atoms with Gasteiger partial charge in [0.25, 0.3) is 0 Å². The molecule has 1 rings (SSSR count). The Morgan fingerprint density at radius 3 is 3.00 bits per heavy atom. The molecule has 4 heteroatoms. The maximum atomic E-state index is 10.6. The van der Waals surface area contributed by atoms with Crippen LogP contribution in [0.3, 0.4) is 0 Å². The van der Waals surface area contributed by atoms with Crippen molar-refractivity contribution in [2.75, 3.05) is 6.61 Å². The van der Waals surface area contributed by atoms with Gasteiger partial charge in [-0.15, -0.1) is 0 Å². The molecule has 0 N–H and O–H groups in total. The maximum absolute atomic E-state index is 10.6. The second-order valence-corrected chi connectivity index (χ2v) is 3.76. The summed E-state index contributed by atoms with van der Waals surface area (Å²) in [7, 11) is 0. The van der Waals surface area contributed by atoms with Crippen molar-refractivity contribution < 1.29 is 9.53 Å². The molecular formula is C11H18N2O2. The van der Waals surface area contributed by atoms with Crippen LogP contribution in [0.5, 0.6) is 0 Å². The molecule has 0 aromatic carbocycles. The lowest BCUT2D eigenvalue weighted by atomic mass is 10.3. The van der Waals surface area contributed by atoms with Crippen LogP contribution < -0.4 is 0 Å². The molecule has 0 unspecified atom stereocenters. The summed E-state index contributed by atoms with van der Waals surface area (Å²) in [5.41, 5.74) is 0.639. The van der Waals surface area contributed by atoms with E-state index in [1.807, 2.05) is 18.4 Å². The summed E-state index contributed by atoms with van der Waals surface area (Å²) in [6.45, 7) is 5.67. The fourth-order valence-corrected chi connectivity index (χ4v) is 1.32. The number of ether oxygens (including phenoxy) is 1. The van der Waals surface area contributed by atoms with Gasteiger partial charge in [0.15, 0.2) is 6.29 Å². The summed E-state index contributed by atoms with van der Waals surface area (Å²) in [6.07, 6.45) is 6.41. The number of hydrogen-bond donors (Lipinski definition) is 0. The van der Waals surface area contributed by atoms with E-state index in [0.29, 0.717) is 11.8 Å². The summed E-state index contributed by atoms with van der Waals surface area (Å²) in [4.78, 5) is 14.5. The van der Waals surface area contributed by atoms with Gasteiger partial charge in [-0.3, -0.25) is 4.79 Å². The molecule has 0 aliphatic carbocycles. The van der Waals surface area contributed by atoms with E-state index < -0.39 is 0 Å². The van der Waals surface area contributed by atoms with E-state index in [4.69, 9.17) is 4.74 Å². The third-order valence-corrected chi connectivity index (χ3v) is 2.11. The van der Waals surface area contributed by atoms with Crippen molar-refractivity contribution in [3.8, 4) is 0 Å². The Labute approximate surface area is 90.3 Å². The Kier molecular flexibility index (Phi) is 5.04. The molecule has 1 heterocycles. The van der Waals surface area contributed by atoms with Crippen LogP contribution >= 0.6 is 0 Å². The molecule has 0 saturated carbocycles. The highest BCUT2D eigenvalue weighted by atomic mass is 16.5. The van der Waals surface area contributed by atoms with Crippen molar-refractivity contribution in [2.45, 2.75) is 39.3 Å². The molecule has 0 amide bonds. The van der Waals surface area contributed by atoms with Crippen molar-refractivity contribution >= 4 is 6.29 Å². The number of aryl methyl sites for hydroxylation is 1. The largest absolute Gasteiger partial charge is 0.379 e.